The lowest BCUT2D eigenvalue weighted by Crippen LogP contribution is -2.18. The van der Waals surface area contributed by atoms with Gasteiger partial charge < -0.3 is 5.11 Å². The second kappa shape index (κ2) is 6.08. The van der Waals surface area contributed by atoms with Crippen molar-refractivity contribution in [2.45, 2.75) is 6.42 Å². The molecule has 0 spiro atoms. The highest BCUT2D eigenvalue weighted by Crippen LogP contribution is 1.74. The van der Waals surface area contributed by atoms with Crippen LogP contribution in [-0.4, -0.2) is 24.2 Å². The molecule has 4 heteroatoms. The number of rotatable bonds is 5. The maximum atomic E-state index is 9.90. The summed E-state index contributed by atoms with van der Waals surface area (Å²) in [6.45, 7) is 0.427. The van der Waals surface area contributed by atoms with Crippen molar-refractivity contribution in [2.75, 3.05) is 13.2 Å². The van der Waals surface area contributed by atoms with Gasteiger partial charge in [0.2, 0.25) is 0 Å². The van der Waals surface area contributed by atoms with Crippen molar-refractivity contribution in [1.82, 2.24) is 5.48 Å². The van der Waals surface area contributed by atoms with Gasteiger partial charge in [-0.1, -0.05) is 5.92 Å². The van der Waals surface area contributed by atoms with Gasteiger partial charge in [-0.3, -0.25) is 9.63 Å². The molecule has 0 saturated heterocycles. The Bertz CT molecular complexity index is 138. The van der Waals surface area contributed by atoms with Crippen LogP contribution in [0.1, 0.15) is 6.42 Å². The molecule has 56 valence electrons. The Labute approximate surface area is 59.1 Å². The molecule has 0 aliphatic carbocycles. The van der Waals surface area contributed by atoms with E-state index in [0.29, 0.717) is 0 Å². The monoisotopic (exact) mass is 143 g/mol. The number of carboxylic acid groups (broad SMARTS) is 1. The average Bonchev–Trinajstić information content (AvgIpc) is 1.87. The molecule has 0 aliphatic rings. The zero-order valence-electron chi connectivity index (χ0n) is 5.46. The van der Waals surface area contributed by atoms with Crippen LogP contribution in [0.3, 0.4) is 0 Å². The molecule has 0 rings (SSSR count). The number of nitrogens with one attached hydrogen (secondary N) is 1. The van der Waals surface area contributed by atoms with E-state index in [0.717, 1.165) is 0 Å². The summed E-state index contributed by atoms with van der Waals surface area (Å²) >= 11 is 0. The summed E-state index contributed by atoms with van der Waals surface area (Å²) in [6, 6.07) is 0. The van der Waals surface area contributed by atoms with E-state index in [2.05, 4.69) is 16.2 Å². The third kappa shape index (κ3) is 6.95. The topological polar surface area (TPSA) is 58.6 Å². The molecule has 4 nitrogen and oxygen atoms in total. The molecule has 2 N–H and O–H groups in total. The molecule has 0 amide bonds. The van der Waals surface area contributed by atoms with Crippen LogP contribution in [0.15, 0.2) is 0 Å². The maximum absolute atomic E-state index is 9.90. The summed E-state index contributed by atoms with van der Waals surface area (Å²) in [5, 5.41) is 8.13. The Kier molecular flexibility index (Phi) is 5.44. The predicted molar refractivity (Wildman–Crippen MR) is 35.0 cm³/mol. The minimum Gasteiger partial charge on any atom is -0.481 e. The zero-order valence-corrected chi connectivity index (χ0v) is 5.46. The number of carboxylic acids is 1. The summed E-state index contributed by atoms with van der Waals surface area (Å²) in [4.78, 5) is 14.5. The Morgan fingerprint density at radius 3 is 3.00 bits per heavy atom. The molecule has 0 aromatic heterocycles. The number of terminal acetylenes is 1. The maximum Gasteiger partial charge on any atom is 0.304 e. The van der Waals surface area contributed by atoms with Crippen molar-refractivity contribution < 1.29 is 14.7 Å². The fourth-order valence-electron chi connectivity index (χ4n) is 0.323. The minimum atomic E-state index is -0.864. The summed E-state index contributed by atoms with van der Waals surface area (Å²) in [5.41, 5.74) is 2.39. The fourth-order valence-corrected chi connectivity index (χ4v) is 0.323. The first-order valence-corrected chi connectivity index (χ1v) is 2.77. The van der Waals surface area contributed by atoms with Gasteiger partial charge in [-0.2, -0.15) is 0 Å². The number of aliphatic carboxylic acids is 1. The minimum absolute atomic E-state index is 0.0323. The number of hydroxylamine groups is 1. The molecule has 0 aromatic carbocycles. The molecule has 0 atom stereocenters. The van der Waals surface area contributed by atoms with Gasteiger partial charge in [0.05, 0.1) is 6.42 Å². The molecular formula is C6H9NO3. The largest absolute Gasteiger partial charge is 0.481 e. The highest BCUT2D eigenvalue weighted by atomic mass is 16.6. The Morgan fingerprint density at radius 1 is 1.80 bits per heavy atom. The van der Waals surface area contributed by atoms with Gasteiger partial charge in [-0.05, 0) is 0 Å². The second-order valence-electron chi connectivity index (χ2n) is 1.53. The van der Waals surface area contributed by atoms with Gasteiger partial charge >= 0.3 is 5.97 Å². The Hall–Kier alpha value is -1.05. The van der Waals surface area contributed by atoms with Gasteiger partial charge in [0.1, 0.15) is 6.61 Å². The summed E-state index contributed by atoms with van der Waals surface area (Å²) in [5.74, 6) is 1.36. The van der Waals surface area contributed by atoms with Crippen molar-refractivity contribution in [3.05, 3.63) is 0 Å². The highest BCUT2D eigenvalue weighted by molar-refractivity contribution is 5.66. The van der Waals surface area contributed by atoms with Crippen LogP contribution in [0.4, 0.5) is 0 Å². The van der Waals surface area contributed by atoms with Crippen LogP contribution in [0.25, 0.3) is 0 Å². The van der Waals surface area contributed by atoms with Crippen molar-refractivity contribution >= 4 is 5.97 Å². The van der Waals surface area contributed by atoms with Crippen molar-refractivity contribution in [2.24, 2.45) is 0 Å². The van der Waals surface area contributed by atoms with E-state index in [-0.39, 0.29) is 19.6 Å². The smallest absolute Gasteiger partial charge is 0.304 e. The van der Waals surface area contributed by atoms with E-state index in [4.69, 9.17) is 11.5 Å². The standard InChI is InChI=1S/C6H9NO3/c1-2-5-10-7-4-3-6(8)9/h1,7H,3-5H2,(H,8,9). The molecule has 0 saturated carbocycles. The fraction of sp³-hybridized carbons (Fsp3) is 0.500. The van der Waals surface area contributed by atoms with Gasteiger partial charge in [-0.25, -0.2) is 5.48 Å². The first-order chi connectivity index (χ1) is 4.77. The molecule has 0 fully saturated rings. The molecule has 0 unspecified atom stereocenters. The summed E-state index contributed by atoms with van der Waals surface area (Å²) < 4.78 is 0. The van der Waals surface area contributed by atoms with Crippen molar-refractivity contribution in [3.63, 3.8) is 0 Å². The van der Waals surface area contributed by atoms with Crippen molar-refractivity contribution in [1.29, 1.82) is 0 Å². The SMILES string of the molecule is C#CCONCCC(=O)O. The van der Waals surface area contributed by atoms with Gasteiger partial charge in [-0.15, -0.1) is 6.42 Å². The van der Waals surface area contributed by atoms with E-state index >= 15 is 0 Å². The van der Waals surface area contributed by atoms with Crippen LogP contribution in [0.5, 0.6) is 0 Å². The van der Waals surface area contributed by atoms with Gasteiger partial charge in [0.25, 0.3) is 0 Å². The third-order valence-electron chi connectivity index (χ3n) is 0.698. The summed E-state index contributed by atoms with van der Waals surface area (Å²) in [6.07, 6.45) is 4.87. The number of carbonyl (C=O) groups is 1. The van der Waals surface area contributed by atoms with Crippen LogP contribution in [-0.2, 0) is 9.63 Å². The molecule has 0 heterocycles. The lowest BCUT2D eigenvalue weighted by atomic mass is 10.4. The predicted octanol–water partition coefficient (Wildman–Crippen LogP) is -0.385. The normalized spacial score (nSPS) is 8.70. The van der Waals surface area contributed by atoms with Crippen LogP contribution < -0.4 is 5.48 Å². The molecule has 10 heavy (non-hydrogen) atoms. The van der Waals surface area contributed by atoms with Crippen LogP contribution >= 0.6 is 0 Å². The average molecular weight is 143 g/mol. The molecule has 0 bridgehead atoms. The van der Waals surface area contributed by atoms with Gasteiger partial charge in [0, 0.05) is 6.54 Å². The molecular weight excluding hydrogens is 134 g/mol. The van der Waals surface area contributed by atoms with E-state index < -0.39 is 5.97 Å². The van der Waals surface area contributed by atoms with Crippen molar-refractivity contribution in [3.8, 4) is 12.3 Å². The quantitative estimate of drug-likeness (QED) is 0.313. The lowest BCUT2D eigenvalue weighted by Gasteiger charge is -1.98. The van der Waals surface area contributed by atoms with E-state index in [1.165, 1.54) is 0 Å². The first-order valence-electron chi connectivity index (χ1n) is 2.77. The second-order valence-corrected chi connectivity index (χ2v) is 1.53. The zero-order chi connectivity index (χ0) is 7.82. The van der Waals surface area contributed by atoms with E-state index in [1.54, 1.807) is 0 Å². The van der Waals surface area contributed by atoms with E-state index in [9.17, 15) is 4.79 Å². The highest BCUT2D eigenvalue weighted by Gasteiger charge is 1.93. The summed E-state index contributed by atoms with van der Waals surface area (Å²) in [7, 11) is 0. The number of hydrogen-bond acceptors (Lipinski definition) is 3. The first kappa shape index (κ1) is 8.95. The third-order valence-corrected chi connectivity index (χ3v) is 0.698. The molecule has 0 aliphatic heterocycles. The molecule has 0 aromatic rings. The van der Waals surface area contributed by atoms with Crippen LogP contribution in [0.2, 0.25) is 0 Å². The van der Waals surface area contributed by atoms with Gasteiger partial charge in [0.15, 0.2) is 0 Å². The van der Waals surface area contributed by atoms with Crippen LogP contribution in [0, 0.1) is 12.3 Å². The van der Waals surface area contributed by atoms with E-state index in [1.807, 2.05) is 0 Å². The Morgan fingerprint density at radius 2 is 2.50 bits per heavy atom. The lowest BCUT2D eigenvalue weighted by molar-refractivity contribution is -0.137. The number of hydrogen-bond donors (Lipinski definition) is 2. The molecule has 0 radical (unpaired) electrons. The Balaban J connectivity index is 2.92.